The number of carbonyl (C=O) groups excluding carboxylic acids is 2. The van der Waals surface area contributed by atoms with Gasteiger partial charge in [0.05, 0.1) is 7.11 Å². The molecule has 0 aliphatic carbocycles. The zero-order chi connectivity index (χ0) is 15.4. The molecule has 1 atom stereocenters. The molecule has 0 aromatic heterocycles. The van der Waals surface area contributed by atoms with E-state index in [1.54, 1.807) is 7.11 Å². The maximum Gasteiger partial charge on any atom is 0.231 e. The smallest absolute Gasteiger partial charge is 0.231 e. The molecule has 2 amide bonds. The normalized spacial score (nSPS) is 16.0. The summed E-state index contributed by atoms with van der Waals surface area (Å²) in [6, 6.07) is 7.73. The lowest BCUT2D eigenvalue weighted by atomic mass is 10.1. The van der Waals surface area contributed by atoms with Gasteiger partial charge in [0.25, 0.3) is 0 Å². The molecule has 2 rings (SSSR count). The van der Waals surface area contributed by atoms with Crippen LogP contribution >= 0.6 is 0 Å². The summed E-state index contributed by atoms with van der Waals surface area (Å²) in [7, 11) is 3.57. The van der Waals surface area contributed by atoms with Crippen LogP contribution in [0.1, 0.15) is 26.2 Å². The topological polar surface area (TPSA) is 49.9 Å². The monoisotopic (exact) mass is 290 g/mol. The van der Waals surface area contributed by atoms with Crippen LogP contribution in [0.2, 0.25) is 0 Å². The highest BCUT2D eigenvalue weighted by atomic mass is 16.5. The maximum atomic E-state index is 12.2. The van der Waals surface area contributed by atoms with Crippen molar-refractivity contribution in [3.63, 3.8) is 0 Å². The molecule has 1 fully saturated rings. The fourth-order valence-corrected chi connectivity index (χ4v) is 2.50. The van der Waals surface area contributed by atoms with Crippen LogP contribution in [0.25, 0.3) is 0 Å². The molecule has 0 N–H and O–H groups in total. The van der Waals surface area contributed by atoms with Crippen molar-refractivity contribution in [2.45, 2.75) is 32.2 Å². The second kappa shape index (κ2) is 6.61. The Morgan fingerprint density at radius 3 is 2.86 bits per heavy atom. The van der Waals surface area contributed by atoms with Gasteiger partial charge in [0.15, 0.2) is 0 Å². The Morgan fingerprint density at radius 2 is 2.24 bits per heavy atom. The van der Waals surface area contributed by atoms with Gasteiger partial charge in [-0.1, -0.05) is 6.07 Å². The molecule has 1 aromatic carbocycles. The highest BCUT2D eigenvalue weighted by Gasteiger charge is 2.28. The molecule has 0 radical (unpaired) electrons. The molecule has 114 valence electrons. The van der Waals surface area contributed by atoms with Crippen molar-refractivity contribution in [3.8, 4) is 5.75 Å². The molecule has 5 nitrogen and oxygen atoms in total. The molecule has 0 saturated carbocycles. The number of hydrogen-bond donors (Lipinski definition) is 0. The van der Waals surface area contributed by atoms with Crippen molar-refractivity contribution in [1.29, 1.82) is 0 Å². The van der Waals surface area contributed by atoms with Crippen molar-refractivity contribution < 1.29 is 14.3 Å². The Labute approximate surface area is 125 Å². The summed E-state index contributed by atoms with van der Waals surface area (Å²) in [5, 5.41) is 0. The van der Waals surface area contributed by atoms with E-state index in [0.29, 0.717) is 19.4 Å². The Balaban J connectivity index is 2.00. The average molecular weight is 290 g/mol. The number of amides is 2. The summed E-state index contributed by atoms with van der Waals surface area (Å²) in [4.78, 5) is 27.2. The summed E-state index contributed by atoms with van der Waals surface area (Å²) < 4.78 is 5.21. The van der Waals surface area contributed by atoms with Crippen LogP contribution in [-0.4, -0.2) is 43.5 Å². The fraction of sp³-hybridized carbons (Fsp3) is 0.500. The second-order valence-electron chi connectivity index (χ2n) is 5.41. The molecule has 1 saturated heterocycles. The largest absolute Gasteiger partial charge is 0.497 e. The van der Waals surface area contributed by atoms with E-state index in [1.807, 2.05) is 43.1 Å². The van der Waals surface area contributed by atoms with Gasteiger partial charge in [0, 0.05) is 44.2 Å². The number of benzene rings is 1. The van der Waals surface area contributed by atoms with E-state index in [2.05, 4.69) is 0 Å². The van der Waals surface area contributed by atoms with Crippen LogP contribution in [0.5, 0.6) is 5.75 Å². The molecule has 1 aromatic rings. The van der Waals surface area contributed by atoms with Gasteiger partial charge in [0.1, 0.15) is 5.75 Å². The van der Waals surface area contributed by atoms with Gasteiger partial charge in [-0.3, -0.25) is 14.5 Å². The van der Waals surface area contributed by atoms with Crippen LogP contribution < -0.4 is 9.64 Å². The number of anilines is 1. The molecule has 1 heterocycles. The number of carbonyl (C=O) groups is 2. The lowest BCUT2D eigenvalue weighted by Crippen LogP contribution is -2.38. The third kappa shape index (κ3) is 3.54. The number of likely N-dealkylation sites (tertiary alicyclic amines) is 1. The lowest BCUT2D eigenvalue weighted by molar-refractivity contribution is -0.141. The number of hydrogen-bond acceptors (Lipinski definition) is 4. The van der Waals surface area contributed by atoms with E-state index < -0.39 is 0 Å². The van der Waals surface area contributed by atoms with Crippen molar-refractivity contribution in [3.05, 3.63) is 24.3 Å². The third-order valence-electron chi connectivity index (χ3n) is 3.97. The molecule has 0 bridgehead atoms. The zero-order valence-corrected chi connectivity index (χ0v) is 12.8. The molecule has 21 heavy (non-hydrogen) atoms. The Kier molecular flexibility index (Phi) is 4.83. The number of nitrogens with zero attached hydrogens (tertiary/aromatic N) is 2. The van der Waals surface area contributed by atoms with Gasteiger partial charge in [0.2, 0.25) is 11.8 Å². The van der Waals surface area contributed by atoms with Crippen LogP contribution in [0, 0.1) is 0 Å². The first-order chi connectivity index (χ1) is 10.0. The molecular weight excluding hydrogens is 268 g/mol. The summed E-state index contributed by atoms with van der Waals surface area (Å²) in [5.74, 6) is 0.656. The van der Waals surface area contributed by atoms with Crippen LogP contribution in [0.4, 0.5) is 5.69 Å². The standard InChI is InChI=1S/C16H22N2O3/c1-12(10-16(20)18-9-5-8-15(18)19)17(2)13-6-4-7-14(11-13)21-3/h4,6-7,11-12H,5,8-10H2,1-3H3/t12-/m0/s1. The quantitative estimate of drug-likeness (QED) is 0.833. The van der Waals surface area contributed by atoms with Crippen LogP contribution in [-0.2, 0) is 9.59 Å². The van der Waals surface area contributed by atoms with Crippen LogP contribution in [0.3, 0.4) is 0 Å². The predicted molar refractivity (Wildman–Crippen MR) is 81.4 cm³/mol. The van der Waals surface area contributed by atoms with E-state index in [1.165, 1.54) is 4.90 Å². The summed E-state index contributed by atoms with van der Waals surface area (Å²) in [6.45, 7) is 2.55. The minimum Gasteiger partial charge on any atom is -0.497 e. The first-order valence-electron chi connectivity index (χ1n) is 7.23. The van der Waals surface area contributed by atoms with Gasteiger partial charge in [-0.25, -0.2) is 0 Å². The van der Waals surface area contributed by atoms with Gasteiger partial charge in [-0.05, 0) is 25.5 Å². The van der Waals surface area contributed by atoms with E-state index in [-0.39, 0.29) is 17.9 Å². The van der Waals surface area contributed by atoms with Gasteiger partial charge in [-0.15, -0.1) is 0 Å². The van der Waals surface area contributed by atoms with Crippen LogP contribution in [0.15, 0.2) is 24.3 Å². The minimum atomic E-state index is -0.0836. The molecule has 1 aliphatic heterocycles. The highest BCUT2D eigenvalue weighted by molar-refractivity contribution is 5.96. The van der Waals surface area contributed by atoms with Gasteiger partial charge in [-0.2, -0.15) is 0 Å². The number of ether oxygens (including phenoxy) is 1. The maximum absolute atomic E-state index is 12.2. The van der Waals surface area contributed by atoms with Crippen molar-refractivity contribution >= 4 is 17.5 Å². The van der Waals surface area contributed by atoms with Crippen molar-refractivity contribution in [2.24, 2.45) is 0 Å². The van der Waals surface area contributed by atoms with E-state index in [0.717, 1.165) is 17.9 Å². The highest BCUT2D eigenvalue weighted by Crippen LogP contribution is 2.23. The Morgan fingerprint density at radius 1 is 1.48 bits per heavy atom. The second-order valence-corrected chi connectivity index (χ2v) is 5.41. The predicted octanol–water partition coefficient (Wildman–Crippen LogP) is 2.06. The van der Waals surface area contributed by atoms with Crippen molar-refractivity contribution in [1.82, 2.24) is 4.90 Å². The Hall–Kier alpha value is -2.04. The summed E-state index contributed by atoms with van der Waals surface area (Å²) in [5.41, 5.74) is 0.988. The average Bonchev–Trinajstić information content (AvgIpc) is 2.92. The molecule has 1 aliphatic rings. The van der Waals surface area contributed by atoms with Gasteiger partial charge < -0.3 is 9.64 Å². The number of methoxy groups -OCH3 is 1. The first kappa shape index (κ1) is 15.4. The van der Waals surface area contributed by atoms with E-state index >= 15 is 0 Å². The molecule has 5 heteroatoms. The first-order valence-corrected chi connectivity index (χ1v) is 7.23. The molecule has 0 unspecified atom stereocenters. The van der Waals surface area contributed by atoms with Crippen molar-refractivity contribution in [2.75, 3.05) is 25.6 Å². The number of imide groups is 1. The molecule has 0 spiro atoms. The zero-order valence-electron chi connectivity index (χ0n) is 12.8. The third-order valence-corrected chi connectivity index (χ3v) is 3.97. The minimum absolute atomic E-state index is 0.0120. The molecular formula is C16H22N2O3. The summed E-state index contributed by atoms with van der Waals surface area (Å²) >= 11 is 0. The van der Waals surface area contributed by atoms with E-state index in [9.17, 15) is 9.59 Å². The van der Waals surface area contributed by atoms with E-state index in [4.69, 9.17) is 4.74 Å². The summed E-state index contributed by atoms with van der Waals surface area (Å²) in [6.07, 6.45) is 1.61. The SMILES string of the molecule is COc1cccc(N(C)[C@@H](C)CC(=O)N2CCCC2=O)c1. The lowest BCUT2D eigenvalue weighted by Gasteiger charge is -2.28. The number of rotatable bonds is 5. The van der Waals surface area contributed by atoms with Gasteiger partial charge >= 0.3 is 0 Å². The Bertz CT molecular complexity index is 530. The fourth-order valence-electron chi connectivity index (χ4n) is 2.50.